The minimum absolute atomic E-state index is 0.0714. The average Bonchev–Trinajstić information content (AvgIpc) is 3.30. The van der Waals surface area contributed by atoms with Crippen molar-refractivity contribution in [1.29, 1.82) is 0 Å². The van der Waals surface area contributed by atoms with Gasteiger partial charge in [-0.1, -0.05) is 30.7 Å². The zero-order valence-electron chi connectivity index (χ0n) is 19.7. The molecule has 1 saturated heterocycles. The van der Waals surface area contributed by atoms with Crippen LogP contribution in [0.5, 0.6) is 0 Å². The van der Waals surface area contributed by atoms with Crippen molar-refractivity contribution in [3.8, 4) is 0 Å². The molecule has 1 aliphatic heterocycles. The number of carbonyl (C=O) groups is 4. The molecule has 3 N–H and O–H groups in total. The molecular formula is C22H31N7O6. The van der Waals surface area contributed by atoms with Gasteiger partial charge in [0.25, 0.3) is 5.91 Å². The number of fused-ring (bicyclic) bond motifs is 1. The molecule has 190 valence electrons. The fraction of sp³-hybridized carbons (Fsp3) is 0.545. The van der Waals surface area contributed by atoms with E-state index in [4.69, 9.17) is 9.47 Å². The van der Waals surface area contributed by atoms with Gasteiger partial charge in [-0.25, -0.2) is 9.48 Å². The van der Waals surface area contributed by atoms with Crippen molar-refractivity contribution < 1.29 is 28.7 Å². The van der Waals surface area contributed by atoms with E-state index >= 15 is 0 Å². The normalized spacial score (nSPS) is 14.4. The monoisotopic (exact) mass is 489 g/mol. The van der Waals surface area contributed by atoms with Gasteiger partial charge in [0, 0.05) is 19.7 Å². The summed E-state index contributed by atoms with van der Waals surface area (Å²) in [6.07, 6.45) is 1.67. The van der Waals surface area contributed by atoms with Crippen LogP contribution in [-0.2, 0) is 30.5 Å². The van der Waals surface area contributed by atoms with Crippen LogP contribution < -0.4 is 16.0 Å². The highest BCUT2D eigenvalue weighted by molar-refractivity contribution is 6.38. The molecule has 0 bridgehead atoms. The number of unbranched alkanes of at least 4 members (excludes halogenated alkanes) is 1. The number of aromatic nitrogens is 3. The summed E-state index contributed by atoms with van der Waals surface area (Å²) in [5.41, 5.74) is 1.35. The molecular weight excluding hydrogens is 458 g/mol. The lowest BCUT2D eigenvalue weighted by atomic mass is 10.2. The van der Waals surface area contributed by atoms with Crippen molar-refractivity contribution in [1.82, 2.24) is 35.8 Å². The molecule has 1 aromatic heterocycles. The molecule has 1 unspecified atom stereocenters. The van der Waals surface area contributed by atoms with Gasteiger partial charge in [0.15, 0.2) is 0 Å². The van der Waals surface area contributed by atoms with Crippen molar-refractivity contribution in [2.75, 3.05) is 46.1 Å². The first kappa shape index (κ1) is 26.0. The number of hydrogen-bond acceptors (Lipinski definition) is 8. The number of ether oxygens (including phenoxy) is 2. The highest BCUT2D eigenvalue weighted by Crippen LogP contribution is 2.08. The lowest BCUT2D eigenvalue weighted by Gasteiger charge is -2.27. The number of carbonyl (C=O) groups excluding carboxylic acids is 4. The van der Waals surface area contributed by atoms with Crippen LogP contribution in [-0.4, -0.2) is 95.6 Å². The molecule has 1 aliphatic rings. The second kappa shape index (κ2) is 13.3. The molecule has 2 heterocycles. The van der Waals surface area contributed by atoms with Gasteiger partial charge in [0.05, 0.1) is 31.9 Å². The number of rotatable bonds is 12. The van der Waals surface area contributed by atoms with Crippen LogP contribution in [0.1, 0.15) is 19.8 Å². The van der Waals surface area contributed by atoms with E-state index in [2.05, 4.69) is 26.3 Å². The third kappa shape index (κ3) is 7.72. The Bertz CT molecular complexity index is 1020. The zero-order chi connectivity index (χ0) is 25.0. The third-order valence-electron chi connectivity index (χ3n) is 5.31. The fourth-order valence-electron chi connectivity index (χ4n) is 3.34. The fourth-order valence-corrected chi connectivity index (χ4v) is 3.34. The van der Waals surface area contributed by atoms with Gasteiger partial charge in [0.1, 0.15) is 18.2 Å². The van der Waals surface area contributed by atoms with Crippen LogP contribution >= 0.6 is 0 Å². The summed E-state index contributed by atoms with van der Waals surface area (Å²) in [5, 5.41) is 15.5. The number of nitrogens with zero attached hydrogens (tertiary/aromatic N) is 4. The Balaban J connectivity index is 1.53. The van der Waals surface area contributed by atoms with Gasteiger partial charge >= 0.3 is 6.03 Å². The molecule has 0 spiro atoms. The van der Waals surface area contributed by atoms with E-state index in [0.717, 1.165) is 12.8 Å². The quantitative estimate of drug-likeness (QED) is 0.264. The summed E-state index contributed by atoms with van der Waals surface area (Å²) in [7, 11) is 0. The highest BCUT2D eigenvalue weighted by atomic mass is 16.5. The second-order valence-electron chi connectivity index (χ2n) is 7.91. The standard InChI is InChI=1S/C22H31N7O6/c1-2-3-10-35-14-17(25-19(30)13-23-22(33)28-8-11-34-12-9-28)20(31)21(32)24-15-29-18-7-5-4-6-16(18)26-27-29/h4-7,17H,2-3,8-15H2,1H3,(H,23,33)(H,24,32)(H,25,30). The SMILES string of the molecule is CCCCOCC(NC(=O)CNC(=O)N1CCOCC1)C(=O)C(=O)NCn1nnc2ccccc21. The molecule has 3 rings (SSSR count). The first-order valence-electron chi connectivity index (χ1n) is 11.6. The predicted octanol–water partition coefficient (Wildman–Crippen LogP) is -0.583. The molecule has 1 aromatic carbocycles. The van der Waals surface area contributed by atoms with Gasteiger partial charge in [-0.3, -0.25) is 14.4 Å². The van der Waals surface area contributed by atoms with Crippen molar-refractivity contribution in [3.05, 3.63) is 24.3 Å². The number of Topliss-reactive ketones (excluding diaryl/α,β-unsaturated/α-hetero) is 1. The summed E-state index contributed by atoms with van der Waals surface area (Å²) in [4.78, 5) is 51.5. The number of urea groups is 1. The van der Waals surface area contributed by atoms with Gasteiger partial charge in [0.2, 0.25) is 11.7 Å². The minimum atomic E-state index is -1.20. The smallest absolute Gasteiger partial charge is 0.317 e. The Kier molecular flexibility index (Phi) is 9.93. The van der Waals surface area contributed by atoms with Crippen LogP contribution in [0.25, 0.3) is 11.0 Å². The summed E-state index contributed by atoms with van der Waals surface area (Å²) >= 11 is 0. The van der Waals surface area contributed by atoms with E-state index in [1.54, 1.807) is 12.1 Å². The van der Waals surface area contributed by atoms with Crippen molar-refractivity contribution in [2.45, 2.75) is 32.5 Å². The maximum Gasteiger partial charge on any atom is 0.317 e. The highest BCUT2D eigenvalue weighted by Gasteiger charge is 2.28. The van der Waals surface area contributed by atoms with Crippen molar-refractivity contribution >= 4 is 34.7 Å². The Morgan fingerprint density at radius 1 is 1.14 bits per heavy atom. The van der Waals surface area contributed by atoms with E-state index < -0.39 is 29.7 Å². The molecule has 0 radical (unpaired) electrons. The van der Waals surface area contributed by atoms with Gasteiger partial charge in [-0.15, -0.1) is 5.10 Å². The lowest BCUT2D eigenvalue weighted by molar-refractivity contribution is -0.141. The molecule has 35 heavy (non-hydrogen) atoms. The topological polar surface area (TPSA) is 157 Å². The van der Waals surface area contributed by atoms with Crippen LogP contribution in [0, 0.1) is 0 Å². The first-order chi connectivity index (χ1) is 17.0. The number of benzene rings is 1. The molecule has 13 nitrogen and oxygen atoms in total. The molecule has 2 aromatic rings. The average molecular weight is 490 g/mol. The summed E-state index contributed by atoms with van der Waals surface area (Å²) in [5.74, 6) is -2.37. The second-order valence-corrected chi connectivity index (χ2v) is 7.91. The van der Waals surface area contributed by atoms with E-state index in [1.807, 2.05) is 19.1 Å². The molecule has 13 heteroatoms. The number of hydrogen-bond donors (Lipinski definition) is 3. The van der Waals surface area contributed by atoms with E-state index in [9.17, 15) is 19.2 Å². The number of para-hydroxylation sites is 1. The van der Waals surface area contributed by atoms with Gasteiger partial charge in [-0.05, 0) is 18.6 Å². The number of ketones is 1. The Labute approximate surface area is 202 Å². The summed E-state index contributed by atoms with van der Waals surface area (Å²) in [6, 6.07) is 5.60. The Morgan fingerprint density at radius 3 is 2.69 bits per heavy atom. The zero-order valence-corrected chi connectivity index (χ0v) is 19.7. The molecule has 0 saturated carbocycles. The number of nitrogens with one attached hydrogen (secondary N) is 3. The maximum absolute atomic E-state index is 12.8. The van der Waals surface area contributed by atoms with Crippen LogP contribution in [0.3, 0.4) is 0 Å². The van der Waals surface area contributed by atoms with Crippen LogP contribution in [0.4, 0.5) is 4.79 Å². The third-order valence-corrected chi connectivity index (χ3v) is 5.31. The van der Waals surface area contributed by atoms with E-state index in [1.165, 1.54) is 9.58 Å². The molecule has 0 aliphatic carbocycles. The summed E-state index contributed by atoms with van der Waals surface area (Å²) in [6.45, 7) is 3.53. The van der Waals surface area contributed by atoms with Crippen LogP contribution in [0.15, 0.2) is 24.3 Å². The first-order valence-corrected chi connectivity index (χ1v) is 11.6. The van der Waals surface area contributed by atoms with Crippen molar-refractivity contribution in [2.24, 2.45) is 0 Å². The Hall–Kier alpha value is -3.58. The molecule has 1 atom stereocenters. The largest absolute Gasteiger partial charge is 0.379 e. The van der Waals surface area contributed by atoms with Gasteiger partial charge in [-0.2, -0.15) is 0 Å². The Morgan fingerprint density at radius 2 is 1.91 bits per heavy atom. The molecule has 1 fully saturated rings. The lowest BCUT2D eigenvalue weighted by Crippen LogP contribution is -2.53. The minimum Gasteiger partial charge on any atom is -0.379 e. The number of amides is 4. The molecule has 4 amide bonds. The summed E-state index contributed by atoms with van der Waals surface area (Å²) < 4.78 is 12.1. The maximum atomic E-state index is 12.8. The van der Waals surface area contributed by atoms with Gasteiger partial charge < -0.3 is 30.3 Å². The van der Waals surface area contributed by atoms with E-state index in [-0.39, 0.29) is 19.8 Å². The number of morpholine rings is 1. The van der Waals surface area contributed by atoms with Crippen molar-refractivity contribution in [3.63, 3.8) is 0 Å². The van der Waals surface area contributed by atoms with E-state index in [0.29, 0.717) is 43.9 Å². The van der Waals surface area contributed by atoms with Crippen LogP contribution in [0.2, 0.25) is 0 Å². The predicted molar refractivity (Wildman–Crippen MR) is 124 cm³/mol.